The summed E-state index contributed by atoms with van der Waals surface area (Å²) in [6.07, 6.45) is 4.69. The van der Waals surface area contributed by atoms with Crippen LogP contribution in [0.4, 0.5) is 0 Å². The Morgan fingerprint density at radius 2 is 2.33 bits per heavy atom. The van der Waals surface area contributed by atoms with Crippen molar-refractivity contribution in [2.24, 2.45) is 5.92 Å². The lowest BCUT2D eigenvalue weighted by Gasteiger charge is -2.23. The number of hydrogen-bond donors (Lipinski definition) is 2. The molecule has 15 heavy (non-hydrogen) atoms. The zero-order valence-electron chi connectivity index (χ0n) is 9.13. The number of hydrogen-bond acceptors (Lipinski definition) is 3. The minimum absolute atomic E-state index is 0.175. The van der Waals surface area contributed by atoms with Crippen LogP contribution in [0, 0.1) is 5.92 Å². The predicted molar refractivity (Wildman–Crippen MR) is 57.6 cm³/mol. The highest BCUT2D eigenvalue weighted by atomic mass is 16.5. The Kier molecular flexibility index (Phi) is 3.97. The van der Waals surface area contributed by atoms with Crippen molar-refractivity contribution in [3.63, 3.8) is 0 Å². The lowest BCUT2D eigenvalue weighted by atomic mass is 10.1. The summed E-state index contributed by atoms with van der Waals surface area (Å²) in [4.78, 5) is 11.7. The molecule has 0 bridgehead atoms. The van der Waals surface area contributed by atoms with E-state index in [0.717, 1.165) is 39.0 Å². The van der Waals surface area contributed by atoms with Gasteiger partial charge >= 0.3 is 0 Å². The monoisotopic (exact) mass is 212 g/mol. The van der Waals surface area contributed by atoms with Crippen LogP contribution in [-0.2, 0) is 9.53 Å². The van der Waals surface area contributed by atoms with Gasteiger partial charge in [0.05, 0.1) is 12.0 Å². The van der Waals surface area contributed by atoms with E-state index in [0.29, 0.717) is 6.54 Å². The largest absolute Gasteiger partial charge is 0.376 e. The number of amides is 1. The van der Waals surface area contributed by atoms with Crippen molar-refractivity contribution in [2.45, 2.75) is 31.8 Å². The maximum absolute atomic E-state index is 11.7. The van der Waals surface area contributed by atoms with Crippen molar-refractivity contribution in [2.75, 3.05) is 26.2 Å². The predicted octanol–water partition coefficient (Wildman–Crippen LogP) is 0.281. The van der Waals surface area contributed by atoms with Crippen molar-refractivity contribution >= 4 is 5.91 Å². The summed E-state index contributed by atoms with van der Waals surface area (Å²) < 4.78 is 5.56. The second-order valence-electron chi connectivity index (χ2n) is 4.42. The van der Waals surface area contributed by atoms with E-state index in [2.05, 4.69) is 10.6 Å². The third kappa shape index (κ3) is 3.18. The first kappa shape index (κ1) is 10.9. The molecule has 4 heteroatoms. The number of nitrogens with one attached hydrogen (secondary N) is 2. The fourth-order valence-corrected chi connectivity index (χ4v) is 2.21. The van der Waals surface area contributed by atoms with E-state index in [9.17, 15) is 4.79 Å². The molecule has 2 atom stereocenters. The number of ether oxygens (including phenoxy) is 1. The van der Waals surface area contributed by atoms with Gasteiger partial charge in [0.15, 0.2) is 0 Å². The topological polar surface area (TPSA) is 50.4 Å². The van der Waals surface area contributed by atoms with E-state index in [1.54, 1.807) is 0 Å². The summed E-state index contributed by atoms with van der Waals surface area (Å²) in [5.41, 5.74) is 0. The summed E-state index contributed by atoms with van der Waals surface area (Å²) in [6, 6.07) is 0. The maximum atomic E-state index is 11.7. The molecular formula is C11H20N2O2. The van der Waals surface area contributed by atoms with Gasteiger partial charge in [0.25, 0.3) is 0 Å². The van der Waals surface area contributed by atoms with E-state index in [1.165, 1.54) is 6.42 Å². The molecule has 86 valence electrons. The van der Waals surface area contributed by atoms with Crippen molar-refractivity contribution in [3.05, 3.63) is 0 Å². The molecular weight excluding hydrogens is 192 g/mol. The molecule has 2 saturated heterocycles. The van der Waals surface area contributed by atoms with Crippen LogP contribution in [0.15, 0.2) is 0 Å². The molecule has 2 rings (SSSR count). The number of carbonyl (C=O) groups is 1. The lowest BCUT2D eigenvalue weighted by molar-refractivity contribution is -0.125. The molecule has 2 aliphatic rings. The summed E-state index contributed by atoms with van der Waals surface area (Å²) in [5.74, 6) is 0.364. The highest BCUT2D eigenvalue weighted by Crippen LogP contribution is 2.12. The molecule has 2 N–H and O–H groups in total. The quantitative estimate of drug-likeness (QED) is 0.706. The van der Waals surface area contributed by atoms with Gasteiger partial charge in [0.2, 0.25) is 5.91 Å². The zero-order chi connectivity index (χ0) is 10.5. The zero-order valence-corrected chi connectivity index (χ0v) is 9.13. The molecule has 1 unspecified atom stereocenters. The Morgan fingerprint density at radius 3 is 3.00 bits per heavy atom. The Hall–Kier alpha value is -0.610. The molecule has 4 nitrogen and oxygen atoms in total. The fourth-order valence-electron chi connectivity index (χ4n) is 2.21. The Bertz CT molecular complexity index is 209. The minimum Gasteiger partial charge on any atom is -0.376 e. The van der Waals surface area contributed by atoms with Crippen LogP contribution in [0.5, 0.6) is 0 Å². The van der Waals surface area contributed by atoms with Crippen LogP contribution in [-0.4, -0.2) is 38.3 Å². The van der Waals surface area contributed by atoms with Gasteiger partial charge in [-0.2, -0.15) is 0 Å². The number of carbonyl (C=O) groups excluding carboxylic acids is 1. The maximum Gasteiger partial charge on any atom is 0.224 e. The van der Waals surface area contributed by atoms with Crippen LogP contribution in [0.1, 0.15) is 25.7 Å². The molecule has 0 aromatic heterocycles. The van der Waals surface area contributed by atoms with E-state index in [1.807, 2.05) is 0 Å². The summed E-state index contributed by atoms with van der Waals surface area (Å²) in [7, 11) is 0. The first-order chi connectivity index (χ1) is 7.36. The highest BCUT2D eigenvalue weighted by molar-refractivity contribution is 5.79. The molecule has 0 radical (unpaired) electrons. The second kappa shape index (κ2) is 5.47. The van der Waals surface area contributed by atoms with E-state index in [-0.39, 0.29) is 17.9 Å². The van der Waals surface area contributed by atoms with Gasteiger partial charge in [-0.05, 0) is 32.2 Å². The van der Waals surface area contributed by atoms with Crippen LogP contribution < -0.4 is 10.6 Å². The van der Waals surface area contributed by atoms with Crippen molar-refractivity contribution in [3.8, 4) is 0 Å². The van der Waals surface area contributed by atoms with Gasteiger partial charge < -0.3 is 15.4 Å². The average molecular weight is 212 g/mol. The third-order valence-electron chi connectivity index (χ3n) is 3.21. The smallest absolute Gasteiger partial charge is 0.224 e. The summed E-state index contributed by atoms with van der Waals surface area (Å²) in [6.45, 7) is 3.34. The first-order valence-electron chi connectivity index (χ1n) is 5.96. The van der Waals surface area contributed by atoms with Gasteiger partial charge in [-0.3, -0.25) is 4.79 Å². The summed E-state index contributed by atoms with van der Waals surface area (Å²) >= 11 is 0. The van der Waals surface area contributed by atoms with Crippen LogP contribution in [0.25, 0.3) is 0 Å². The van der Waals surface area contributed by atoms with E-state index < -0.39 is 0 Å². The molecule has 0 aliphatic carbocycles. The normalized spacial score (nSPS) is 31.5. The van der Waals surface area contributed by atoms with E-state index in [4.69, 9.17) is 4.74 Å². The molecule has 2 aliphatic heterocycles. The van der Waals surface area contributed by atoms with Gasteiger partial charge in [-0.1, -0.05) is 0 Å². The SMILES string of the molecule is O=C(NCC1CCCCO1)[C@@H]1CCNC1. The second-order valence-corrected chi connectivity index (χ2v) is 4.42. The Balaban J connectivity index is 1.65. The average Bonchev–Trinajstić information content (AvgIpc) is 2.81. The Morgan fingerprint density at radius 1 is 1.40 bits per heavy atom. The van der Waals surface area contributed by atoms with Gasteiger partial charge in [-0.25, -0.2) is 0 Å². The van der Waals surface area contributed by atoms with Crippen molar-refractivity contribution in [1.29, 1.82) is 0 Å². The van der Waals surface area contributed by atoms with Gasteiger partial charge in [0.1, 0.15) is 0 Å². The molecule has 1 amide bonds. The Labute approximate surface area is 90.8 Å². The van der Waals surface area contributed by atoms with Crippen LogP contribution in [0.3, 0.4) is 0 Å². The van der Waals surface area contributed by atoms with Crippen LogP contribution in [0.2, 0.25) is 0 Å². The highest BCUT2D eigenvalue weighted by Gasteiger charge is 2.23. The van der Waals surface area contributed by atoms with Gasteiger partial charge in [0, 0.05) is 19.7 Å². The fraction of sp³-hybridized carbons (Fsp3) is 0.909. The molecule has 0 aromatic rings. The van der Waals surface area contributed by atoms with Crippen molar-refractivity contribution < 1.29 is 9.53 Å². The molecule has 2 heterocycles. The first-order valence-corrected chi connectivity index (χ1v) is 5.96. The minimum atomic E-state index is 0.175. The molecule has 0 spiro atoms. The standard InChI is InChI=1S/C11H20N2O2/c14-11(9-4-5-12-7-9)13-8-10-3-1-2-6-15-10/h9-10,12H,1-8H2,(H,13,14)/t9-,10?/m1/s1. The molecule has 2 fully saturated rings. The summed E-state index contributed by atoms with van der Waals surface area (Å²) in [5, 5.41) is 6.19. The lowest BCUT2D eigenvalue weighted by Crippen LogP contribution is -2.39. The van der Waals surface area contributed by atoms with Crippen molar-refractivity contribution in [1.82, 2.24) is 10.6 Å². The molecule has 0 saturated carbocycles. The molecule has 0 aromatic carbocycles. The van der Waals surface area contributed by atoms with Gasteiger partial charge in [-0.15, -0.1) is 0 Å². The number of rotatable bonds is 3. The van der Waals surface area contributed by atoms with E-state index >= 15 is 0 Å². The third-order valence-corrected chi connectivity index (χ3v) is 3.21. The van der Waals surface area contributed by atoms with Crippen LogP contribution >= 0.6 is 0 Å².